The second-order valence-corrected chi connectivity index (χ2v) is 31.0. The van der Waals surface area contributed by atoms with Crippen molar-refractivity contribution in [2.45, 2.75) is 394 Å². The Morgan fingerprint density at radius 1 is 0.290 bits per heavy atom. The number of rotatable bonds is 72. The molecule has 17 nitrogen and oxygen atoms in total. The minimum absolute atomic E-state index is 0.103. The lowest BCUT2D eigenvalue weighted by molar-refractivity contribution is -0.161. The second kappa shape index (κ2) is 64.7. The summed E-state index contributed by atoms with van der Waals surface area (Å²) in [6.07, 6.45) is 50.2. The minimum atomic E-state index is -4.96. The Labute approximate surface area is 568 Å². The third-order valence-electron chi connectivity index (χ3n) is 17.1. The smallest absolute Gasteiger partial charge is 0.462 e. The van der Waals surface area contributed by atoms with Crippen molar-refractivity contribution in [3.05, 3.63) is 0 Å². The number of phosphoric ester groups is 2. The van der Waals surface area contributed by atoms with Crippen LogP contribution in [0.1, 0.15) is 376 Å². The molecule has 0 saturated carbocycles. The molecular weight excluding hydrogens is 1220 g/mol. The predicted molar refractivity (Wildman–Crippen MR) is 377 cm³/mol. The van der Waals surface area contributed by atoms with E-state index in [4.69, 9.17) is 37.0 Å². The van der Waals surface area contributed by atoms with E-state index in [1.807, 2.05) is 0 Å². The minimum Gasteiger partial charge on any atom is -0.462 e. The SMILES string of the molecule is CCCCCCCCCCCCCCCCCC(=O)OC[C@H](COP(=O)(O)OC[C@@H](O)COP(=O)(O)OC[C@@H](COC(=O)CCCCCCCCCC(C)C)OC(=O)CCCCCCCCCC(C)C)OC(=O)CCCCCCCCCCCCCCCCCC(C)C. The zero-order chi connectivity index (χ0) is 68.7. The van der Waals surface area contributed by atoms with Crippen molar-refractivity contribution in [3.63, 3.8) is 0 Å². The monoisotopic (exact) mass is 1370 g/mol. The summed E-state index contributed by atoms with van der Waals surface area (Å²) in [7, 11) is -9.91. The Kier molecular flexibility index (Phi) is 63.4. The maximum atomic E-state index is 13.1. The van der Waals surface area contributed by atoms with Crippen molar-refractivity contribution in [2.75, 3.05) is 39.6 Å². The van der Waals surface area contributed by atoms with Crippen molar-refractivity contribution in [3.8, 4) is 0 Å². The lowest BCUT2D eigenvalue weighted by atomic mass is 10.0. The first-order chi connectivity index (χ1) is 44.7. The molecule has 0 amide bonds. The van der Waals surface area contributed by atoms with E-state index in [1.165, 1.54) is 180 Å². The van der Waals surface area contributed by atoms with Gasteiger partial charge in [0.25, 0.3) is 0 Å². The van der Waals surface area contributed by atoms with Crippen LogP contribution in [0.4, 0.5) is 0 Å². The summed E-state index contributed by atoms with van der Waals surface area (Å²) in [4.78, 5) is 72.7. The molecule has 19 heteroatoms. The van der Waals surface area contributed by atoms with Crippen molar-refractivity contribution >= 4 is 39.5 Å². The predicted octanol–water partition coefficient (Wildman–Crippen LogP) is 21.4. The summed E-state index contributed by atoms with van der Waals surface area (Å²) >= 11 is 0. The highest BCUT2D eigenvalue weighted by Gasteiger charge is 2.30. The Morgan fingerprint density at radius 3 is 0.731 bits per heavy atom. The Balaban J connectivity index is 5.23. The molecule has 0 spiro atoms. The summed E-state index contributed by atoms with van der Waals surface area (Å²) in [5.74, 6) is 0.0802. The normalized spacial score (nSPS) is 14.1. The third-order valence-corrected chi connectivity index (χ3v) is 19.0. The number of aliphatic hydroxyl groups is 1. The quantitative estimate of drug-likeness (QED) is 0.0222. The van der Waals surface area contributed by atoms with Crippen LogP contribution in [0.2, 0.25) is 0 Å². The molecule has 0 rings (SSSR count). The highest BCUT2D eigenvalue weighted by molar-refractivity contribution is 7.47. The Bertz CT molecular complexity index is 1820. The highest BCUT2D eigenvalue weighted by atomic mass is 31.2. The summed E-state index contributed by atoms with van der Waals surface area (Å²) in [6, 6.07) is 0. The molecule has 0 bridgehead atoms. The van der Waals surface area contributed by atoms with Crippen molar-refractivity contribution in [1.82, 2.24) is 0 Å². The van der Waals surface area contributed by atoms with Gasteiger partial charge in [0.05, 0.1) is 26.4 Å². The number of carbonyl (C=O) groups excluding carboxylic acids is 4. The third kappa shape index (κ3) is 68.4. The number of aliphatic hydroxyl groups excluding tert-OH is 1. The summed E-state index contributed by atoms with van der Waals surface area (Å²) in [5, 5.41) is 10.6. The zero-order valence-corrected chi connectivity index (χ0v) is 62.5. The molecule has 2 unspecified atom stereocenters. The van der Waals surface area contributed by atoms with E-state index in [2.05, 4.69) is 48.5 Å². The maximum Gasteiger partial charge on any atom is 0.472 e. The van der Waals surface area contributed by atoms with Crippen molar-refractivity contribution in [2.24, 2.45) is 17.8 Å². The molecule has 552 valence electrons. The number of unbranched alkanes of at least 4 members (excludes halogenated alkanes) is 40. The fourth-order valence-corrected chi connectivity index (χ4v) is 12.8. The van der Waals surface area contributed by atoms with Crippen LogP contribution in [0.5, 0.6) is 0 Å². The van der Waals surface area contributed by atoms with Gasteiger partial charge in [0, 0.05) is 25.7 Å². The van der Waals surface area contributed by atoms with Crippen LogP contribution in [0.25, 0.3) is 0 Å². The van der Waals surface area contributed by atoms with Crippen LogP contribution in [0.15, 0.2) is 0 Å². The number of hydrogen-bond acceptors (Lipinski definition) is 15. The van der Waals surface area contributed by atoms with E-state index in [9.17, 15) is 43.2 Å². The van der Waals surface area contributed by atoms with Crippen LogP contribution >= 0.6 is 15.6 Å². The zero-order valence-electron chi connectivity index (χ0n) is 60.7. The molecule has 0 fully saturated rings. The van der Waals surface area contributed by atoms with Gasteiger partial charge in [-0.3, -0.25) is 37.3 Å². The van der Waals surface area contributed by atoms with Crippen LogP contribution < -0.4 is 0 Å². The molecule has 0 aromatic heterocycles. The number of carbonyl (C=O) groups is 4. The Hall–Kier alpha value is -1.94. The van der Waals surface area contributed by atoms with Crippen LogP contribution in [-0.2, 0) is 65.4 Å². The Morgan fingerprint density at radius 2 is 0.495 bits per heavy atom. The average Bonchev–Trinajstić information content (AvgIpc) is 2.31. The molecule has 93 heavy (non-hydrogen) atoms. The fraction of sp³-hybridized carbons (Fsp3) is 0.946. The summed E-state index contributed by atoms with van der Waals surface area (Å²) < 4.78 is 68.4. The van der Waals surface area contributed by atoms with Crippen molar-refractivity contribution < 1.29 is 80.2 Å². The van der Waals surface area contributed by atoms with E-state index in [1.54, 1.807) is 0 Å². The van der Waals surface area contributed by atoms with Gasteiger partial charge >= 0.3 is 39.5 Å². The molecule has 0 aromatic carbocycles. The first kappa shape index (κ1) is 91.1. The largest absolute Gasteiger partial charge is 0.472 e. The van der Waals surface area contributed by atoms with Gasteiger partial charge < -0.3 is 33.8 Å². The standard InChI is InChI=1S/C74H144O17P2/c1-8-9-10-11-12-13-14-15-17-21-24-27-34-41-48-55-71(76)84-61-69(90-73(78)57-50-43-35-28-25-22-19-16-18-20-23-26-31-38-45-52-65(2)3)63-88-92(80,81)86-59-68(75)60-87-93(82,83)89-64-70(91-74(79)58-51-44-37-30-33-40-47-54-67(6)7)62-85-72(77)56-49-42-36-29-32-39-46-53-66(4)5/h65-70,75H,8-64H2,1-7H3,(H,80,81)(H,82,83)/t68-,69-,70-/m1/s1. The van der Waals surface area contributed by atoms with Gasteiger partial charge in [-0.15, -0.1) is 0 Å². The molecule has 0 aliphatic heterocycles. The number of ether oxygens (including phenoxy) is 4. The van der Waals surface area contributed by atoms with Crippen LogP contribution in [0.3, 0.4) is 0 Å². The summed E-state index contributed by atoms with van der Waals surface area (Å²) in [5.41, 5.74) is 0. The molecule has 3 N–H and O–H groups in total. The topological polar surface area (TPSA) is 237 Å². The molecule has 0 aromatic rings. The second-order valence-electron chi connectivity index (χ2n) is 28.1. The van der Waals surface area contributed by atoms with E-state index in [0.717, 1.165) is 102 Å². The van der Waals surface area contributed by atoms with Gasteiger partial charge in [-0.25, -0.2) is 9.13 Å². The van der Waals surface area contributed by atoms with Gasteiger partial charge in [-0.2, -0.15) is 0 Å². The molecule has 0 aliphatic rings. The first-order valence-electron chi connectivity index (χ1n) is 38.3. The molecule has 0 radical (unpaired) electrons. The summed E-state index contributed by atoms with van der Waals surface area (Å²) in [6.45, 7) is 11.8. The molecule has 0 saturated heterocycles. The van der Waals surface area contributed by atoms with Crippen LogP contribution in [0, 0.1) is 17.8 Å². The van der Waals surface area contributed by atoms with E-state index in [-0.39, 0.29) is 25.7 Å². The lowest BCUT2D eigenvalue weighted by Crippen LogP contribution is -2.30. The molecule has 0 heterocycles. The maximum absolute atomic E-state index is 13.1. The molecule has 0 aliphatic carbocycles. The number of esters is 4. The van der Waals surface area contributed by atoms with Gasteiger partial charge in [-0.05, 0) is 43.4 Å². The fourth-order valence-electron chi connectivity index (χ4n) is 11.2. The molecule has 5 atom stereocenters. The van der Waals surface area contributed by atoms with E-state index >= 15 is 0 Å². The van der Waals surface area contributed by atoms with E-state index in [0.29, 0.717) is 37.5 Å². The van der Waals surface area contributed by atoms with E-state index < -0.39 is 97.5 Å². The number of hydrogen-bond donors (Lipinski definition) is 3. The van der Waals surface area contributed by atoms with Gasteiger partial charge in [-0.1, -0.05) is 325 Å². The average molecular weight is 1370 g/mol. The number of phosphoric acid groups is 2. The van der Waals surface area contributed by atoms with Crippen LogP contribution in [-0.4, -0.2) is 96.7 Å². The highest BCUT2D eigenvalue weighted by Crippen LogP contribution is 2.45. The van der Waals surface area contributed by atoms with Gasteiger partial charge in [0.2, 0.25) is 0 Å². The van der Waals surface area contributed by atoms with Gasteiger partial charge in [0.1, 0.15) is 19.3 Å². The molecular formula is C74H144O17P2. The van der Waals surface area contributed by atoms with Crippen molar-refractivity contribution in [1.29, 1.82) is 0 Å². The lowest BCUT2D eigenvalue weighted by Gasteiger charge is -2.21. The van der Waals surface area contributed by atoms with Gasteiger partial charge in [0.15, 0.2) is 12.2 Å². The first-order valence-corrected chi connectivity index (χ1v) is 41.3.